The van der Waals surface area contributed by atoms with Crippen LogP contribution in [0.3, 0.4) is 0 Å². The summed E-state index contributed by atoms with van der Waals surface area (Å²) in [4.78, 5) is 12.0. The van der Waals surface area contributed by atoms with Crippen LogP contribution in [0.5, 0.6) is 5.75 Å². The summed E-state index contributed by atoms with van der Waals surface area (Å²) >= 11 is 5.98. The van der Waals surface area contributed by atoms with Gasteiger partial charge in [-0.05, 0) is 25.0 Å². The molecule has 0 unspecified atom stereocenters. The van der Waals surface area contributed by atoms with Crippen LogP contribution in [-0.4, -0.2) is 24.6 Å². The standard InChI is InChI=1S/C15H21ClN2O2.ClH/c16-12-5-1-2-6-13(12)20-10-7-14(19)18-15(11-17)8-3-4-9-15;/h1-2,5-6H,3-4,7-11,17H2,(H,18,19);1H. The zero-order valence-corrected chi connectivity index (χ0v) is 13.5. The largest absolute Gasteiger partial charge is 0.491 e. The summed E-state index contributed by atoms with van der Waals surface area (Å²) in [5.74, 6) is 0.598. The van der Waals surface area contributed by atoms with E-state index in [-0.39, 0.29) is 23.9 Å². The third-order valence-electron chi connectivity index (χ3n) is 3.78. The number of nitrogens with one attached hydrogen (secondary N) is 1. The van der Waals surface area contributed by atoms with Crippen molar-refractivity contribution in [3.05, 3.63) is 29.3 Å². The lowest BCUT2D eigenvalue weighted by molar-refractivity contribution is -0.123. The summed E-state index contributed by atoms with van der Waals surface area (Å²) < 4.78 is 5.51. The van der Waals surface area contributed by atoms with E-state index in [4.69, 9.17) is 22.1 Å². The number of nitrogens with two attached hydrogens (primary N) is 1. The van der Waals surface area contributed by atoms with Crippen LogP contribution in [0.1, 0.15) is 32.1 Å². The van der Waals surface area contributed by atoms with E-state index < -0.39 is 0 Å². The van der Waals surface area contributed by atoms with Gasteiger partial charge in [-0.15, -0.1) is 12.4 Å². The Balaban J connectivity index is 0.00000220. The number of para-hydroxylation sites is 1. The van der Waals surface area contributed by atoms with Crippen LogP contribution in [0.2, 0.25) is 5.02 Å². The van der Waals surface area contributed by atoms with Gasteiger partial charge >= 0.3 is 0 Å². The minimum Gasteiger partial charge on any atom is -0.491 e. The highest BCUT2D eigenvalue weighted by Gasteiger charge is 2.33. The second-order valence-electron chi connectivity index (χ2n) is 5.27. The molecule has 0 bridgehead atoms. The molecule has 1 fully saturated rings. The van der Waals surface area contributed by atoms with Crippen molar-refractivity contribution in [1.82, 2.24) is 5.32 Å². The number of carbonyl (C=O) groups excluding carboxylic acids is 1. The highest BCUT2D eigenvalue weighted by Crippen LogP contribution is 2.28. The molecule has 1 aliphatic carbocycles. The Kier molecular flexibility index (Phi) is 7.29. The van der Waals surface area contributed by atoms with E-state index in [0.717, 1.165) is 25.7 Å². The first-order valence-electron chi connectivity index (χ1n) is 7.04. The van der Waals surface area contributed by atoms with Gasteiger partial charge < -0.3 is 15.8 Å². The van der Waals surface area contributed by atoms with E-state index in [1.165, 1.54) is 0 Å². The fourth-order valence-corrected chi connectivity index (χ4v) is 2.80. The van der Waals surface area contributed by atoms with Gasteiger partial charge in [-0.25, -0.2) is 0 Å². The number of benzene rings is 1. The van der Waals surface area contributed by atoms with Gasteiger partial charge in [0.2, 0.25) is 5.91 Å². The zero-order chi connectivity index (χ0) is 14.4. The van der Waals surface area contributed by atoms with Crippen molar-refractivity contribution in [2.75, 3.05) is 13.2 Å². The van der Waals surface area contributed by atoms with Crippen LogP contribution >= 0.6 is 24.0 Å². The molecule has 118 valence electrons. The average molecular weight is 333 g/mol. The Morgan fingerprint density at radius 3 is 2.62 bits per heavy atom. The van der Waals surface area contributed by atoms with E-state index in [0.29, 0.717) is 30.3 Å². The highest BCUT2D eigenvalue weighted by molar-refractivity contribution is 6.32. The fourth-order valence-electron chi connectivity index (χ4n) is 2.61. The molecular formula is C15H22Cl2N2O2. The first-order valence-corrected chi connectivity index (χ1v) is 7.41. The molecule has 0 radical (unpaired) electrons. The van der Waals surface area contributed by atoms with E-state index in [1.54, 1.807) is 12.1 Å². The summed E-state index contributed by atoms with van der Waals surface area (Å²) in [6.45, 7) is 0.820. The van der Waals surface area contributed by atoms with E-state index in [9.17, 15) is 4.79 Å². The second kappa shape index (κ2) is 8.47. The summed E-state index contributed by atoms with van der Waals surface area (Å²) in [7, 11) is 0. The highest BCUT2D eigenvalue weighted by atomic mass is 35.5. The van der Waals surface area contributed by atoms with Crippen molar-refractivity contribution in [3.8, 4) is 5.75 Å². The third kappa shape index (κ3) is 5.06. The molecule has 6 heteroatoms. The Morgan fingerprint density at radius 2 is 2.00 bits per heavy atom. The maximum Gasteiger partial charge on any atom is 0.223 e. The van der Waals surface area contributed by atoms with Crippen LogP contribution in [-0.2, 0) is 4.79 Å². The van der Waals surface area contributed by atoms with Gasteiger partial charge in [-0.1, -0.05) is 36.6 Å². The van der Waals surface area contributed by atoms with Gasteiger partial charge in [0.15, 0.2) is 0 Å². The molecule has 1 amide bonds. The summed E-state index contributed by atoms with van der Waals surface area (Å²) in [5.41, 5.74) is 5.60. The first-order chi connectivity index (χ1) is 9.65. The molecule has 21 heavy (non-hydrogen) atoms. The van der Waals surface area contributed by atoms with E-state index in [2.05, 4.69) is 5.32 Å². The Labute approximate surface area is 136 Å². The molecule has 0 spiro atoms. The topological polar surface area (TPSA) is 64.3 Å². The van der Waals surface area contributed by atoms with Crippen LogP contribution in [0.4, 0.5) is 0 Å². The Morgan fingerprint density at radius 1 is 1.33 bits per heavy atom. The SMILES string of the molecule is Cl.NCC1(NC(=O)CCOc2ccccc2Cl)CCCC1. The van der Waals surface area contributed by atoms with Crippen LogP contribution in [0.15, 0.2) is 24.3 Å². The Hall–Kier alpha value is -0.970. The molecule has 2 rings (SSSR count). The minimum absolute atomic E-state index is 0. The number of amides is 1. The van der Waals surface area contributed by atoms with E-state index >= 15 is 0 Å². The molecule has 0 saturated heterocycles. The van der Waals surface area contributed by atoms with Gasteiger partial charge in [-0.2, -0.15) is 0 Å². The summed E-state index contributed by atoms with van der Waals surface area (Å²) in [6, 6.07) is 7.24. The number of halogens is 2. The monoisotopic (exact) mass is 332 g/mol. The van der Waals surface area contributed by atoms with Gasteiger partial charge in [-0.3, -0.25) is 4.79 Å². The summed E-state index contributed by atoms with van der Waals surface area (Å²) in [5, 5.41) is 3.62. The maximum absolute atomic E-state index is 12.0. The first kappa shape index (κ1) is 18.1. The lowest BCUT2D eigenvalue weighted by atomic mass is 9.98. The van der Waals surface area contributed by atoms with Crippen molar-refractivity contribution in [2.45, 2.75) is 37.6 Å². The molecular weight excluding hydrogens is 311 g/mol. The van der Waals surface area contributed by atoms with Crippen molar-refractivity contribution in [1.29, 1.82) is 0 Å². The van der Waals surface area contributed by atoms with Gasteiger partial charge in [0.05, 0.1) is 23.6 Å². The quantitative estimate of drug-likeness (QED) is 0.841. The molecule has 1 saturated carbocycles. The fraction of sp³-hybridized carbons (Fsp3) is 0.533. The molecule has 4 nitrogen and oxygen atoms in total. The number of carbonyl (C=O) groups is 1. The number of rotatable bonds is 6. The van der Waals surface area contributed by atoms with Crippen LogP contribution in [0.25, 0.3) is 0 Å². The maximum atomic E-state index is 12.0. The van der Waals surface area contributed by atoms with Gasteiger partial charge in [0.1, 0.15) is 5.75 Å². The van der Waals surface area contributed by atoms with Crippen molar-refractivity contribution >= 4 is 29.9 Å². The zero-order valence-electron chi connectivity index (χ0n) is 11.9. The number of ether oxygens (including phenoxy) is 1. The second-order valence-corrected chi connectivity index (χ2v) is 5.68. The molecule has 0 atom stereocenters. The molecule has 3 N–H and O–H groups in total. The van der Waals surface area contributed by atoms with E-state index in [1.807, 2.05) is 12.1 Å². The molecule has 1 aliphatic rings. The molecule has 1 aromatic carbocycles. The predicted molar refractivity (Wildman–Crippen MR) is 87.2 cm³/mol. The lowest BCUT2D eigenvalue weighted by Crippen LogP contribution is -2.51. The molecule has 0 heterocycles. The normalized spacial score (nSPS) is 16.1. The lowest BCUT2D eigenvalue weighted by Gasteiger charge is -2.28. The number of hydrogen-bond donors (Lipinski definition) is 2. The Bertz CT molecular complexity index is 463. The summed E-state index contributed by atoms with van der Waals surface area (Å²) in [6.07, 6.45) is 4.52. The van der Waals surface area contributed by atoms with Crippen molar-refractivity contribution < 1.29 is 9.53 Å². The molecule has 1 aromatic rings. The van der Waals surface area contributed by atoms with Crippen LogP contribution in [0, 0.1) is 0 Å². The molecule has 0 aliphatic heterocycles. The predicted octanol–water partition coefficient (Wildman–Crippen LogP) is 2.92. The van der Waals surface area contributed by atoms with Crippen molar-refractivity contribution in [3.63, 3.8) is 0 Å². The van der Waals surface area contributed by atoms with Crippen molar-refractivity contribution in [2.24, 2.45) is 5.73 Å². The van der Waals surface area contributed by atoms with Gasteiger partial charge in [0.25, 0.3) is 0 Å². The smallest absolute Gasteiger partial charge is 0.223 e. The third-order valence-corrected chi connectivity index (χ3v) is 4.09. The van der Waals surface area contributed by atoms with Crippen LogP contribution < -0.4 is 15.8 Å². The molecule has 0 aromatic heterocycles. The number of hydrogen-bond acceptors (Lipinski definition) is 3. The van der Waals surface area contributed by atoms with Gasteiger partial charge in [0, 0.05) is 6.54 Å². The average Bonchev–Trinajstić information content (AvgIpc) is 2.90. The minimum atomic E-state index is -0.193.